The topological polar surface area (TPSA) is 81.1 Å². The Balaban J connectivity index is 2.49. The van der Waals surface area contributed by atoms with Gasteiger partial charge in [-0.25, -0.2) is 0 Å². The largest absolute Gasteiger partial charge is 0.399 e. The summed E-state index contributed by atoms with van der Waals surface area (Å²) in [6.07, 6.45) is 0. The van der Waals surface area contributed by atoms with Crippen LogP contribution < -0.4 is 16.8 Å². The molecule has 2 rings (SSSR count). The lowest BCUT2D eigenvalue weighted by Crippen LogP contribution is -2.16. The van der Waals surface area contributed by atoms with E-state index in [0.717, 1.165) is 11.3 Å². The van der Waals surface area contributed by atoms with E-state index in [1.165, 1.54) is 0 Å². The Hall–Kier alpha value is -2.49. The number of carbonyl (C=O) groups excluding carboxylic acids is 1. The summed E-state index contributed by atoms with van der Waals surface area (Å²) in [6.45, 7) is 6.42. The number of primary amides is 1. The van der Waals surface area contributed by atoms with Gasteiger partial charge in [0.2, 0.25) is 0 Å². The van der Waals surface area contributed by atoms with Crippen molar-refractivity contribution < 1.29 is 4.79 Å². The normalized spacial score (nSPS) is 11.2. The van der Waals surface area contributed by atoms with Crippen LogP contribution in [0.4, 0.5) is 17.1 Å². The number of anilines is 3. The number of benzene rings is 2. The monoisotopic (exact) mass is 283 g/mol. The van der Waals surface area contributed by atoms with Crippen LogP contribution in [0.1, 0.15) is 36.7 Å². The summed E-state index contributed by atoms with van der Waals surface area (Å²) in [6, 6.07) is 13.0. The molecule has 0 fully saturated rings. The number of rotatable bonds is 3. The summed E-state index contributed by atoms with van der Waals surface area (Å²) in [7, 11) is 0. The van der Waals surface area contributed by atoms with Gasteiger partial charge in [0.1, 0.15) is 0 Å². The number of amides is 1. The Morgan fingerprint density at radius 1 is 1.05 bits per heavy atom. The second-order valence-electron chi connectivity index (χ2n) is 6.09. The number of hydrogen-bond donors (Lipinski definition) is 3. The first kappa shape index (κ1) is 14.9. The number of nitrogens with one attached hydrogen (secondary N) is 1. The Kier molecular flexibility index (Phi) is 3.89. The fourth-order valence-corrected chi connectivity index (χ4v) is 2.27. The number of carbonyl (C=O) groups is 1. The van der Waals surface area contributed by atoms with Gasteiger partial charge in [0.05, 0.1) is 11.3 Å². The van der Waals surface area contributed by atoms with Crippen molar-refractivity contribution in [1.29, 1.82) is 0 Å². The minimum absolute atomic E-state index is 0.0171. The molecule has 4 nitrogen and oxygen atoms in total. The molecule has 0 heterocycles. The van der Waals surface area contributed by atoms with E-state index >= 15 is 0 Å². The highest BCUT2D eigenvalue weighted by Crippen LogP contribution is 2.32. The average Bonchev–Trinajstić information content (AvgIpc) is 2.37. The molecule has 110 valence electrons. The summed E-state index contributed by atoms with van der Waals surface area (Å²) < 4.78 is 0. The van der Waals surface area contributed by atoms with Gasteiger partial charge in [-0.3, -0.25) is 4.79 Å². The molecule has 4 heteroatoms. The quantitative estimate of drug-likeness (QED) is 0.755. The van der Waals surface area contributed by atoms with Crippen LogP contribution >= 0.6 is 0 Å². The Labute approximate surface area is 125 Å². The van der Waals surface area contributed by atoms with Gasteiger partial charge in [0.25, 0.3) is 5.91 Å². The van der Waals surface area contributed by atoms with E-state index in [1.807, 2.05) is 18.2 Å². The molecule has 2 aromatic rings. The van der Waals surface area contributed by atoms with Crippen molar-refractivity contribution >= 4 is 23.0 Å². The molecular formula is C17H21N3O. The first-order valence-corrected chi connectivity index (χ1v) is 6.85. The third-order valence-electron chi connectivity index (χ3n) is 3.31. The molecule has 0 atom stereocenters. The molecule has 0 saturated carbocycles. The molecule has 2 aromatic carbocycles. The van der Waals surface area contributed by atoms with Crippen LogP contribution in [0.3, 0.4) is 0 Å². The smallest absolute Gasteiger partial charge is 0.250 e. The van der Waals surface area contributed by atoms with Crippen LogP contribution in [0.25, 0.3) is 0 Å². The van der Waals surface area contributed by atoms with E-state index in [0.29, 0.717) is 16.9 Å². The highest BCUT2D eigenvalue weighted by Gasteiger charge is 2.18. The van der Waals surface area contributed by atoms with Gasteiger partial charge in [-0.05, 0) is 35.2 Å². The molecule has 1 amide bonds. The lowest BCUT2D eigenvalue weighted by Gasteiger charge is -2.24. The van der Waals surface area contributed by atoms with Crippen LogP contribution in [-0.4, -0.2) is 5.91 Å². The summed E-state index contributed by atoms with van der Waals surface area (Å²) in [5.41, 5.74) is 14.9. The second kappa shape index (κ2) is 5.48. The molecular weight excluding hydrogens is 262 g/mol. The molecule has 0 radical (unpaired) electrons. The first-order chi connectivity index (χ1) is 9.79. The molecule has 0 aliphatic carbocycles. The summed E-state index contributed by atoms with van der Waals surface area (Å²) in [5.74, 6) is -0.481. The van der Waals surface area contributed by atoms with Crippen molar-refractivity contribution in [2.24, 2.45) is 5.73 Å². The number of para-hydroxylation sites is 1. The zero-order valence-electron chi connectivity index (χ0n) is 12.6. The summed E-state index contributed by atoms with van der Waals surface area (Å²) in [5, 5.41) is 3.29. The Bertz CT molecular complexity index is 672. The van der Waals surface area contributed by atoms with Gasteiger partial charge in [0, 0.05) is 11.4 Å². The number of hydrogen-bond acceptors (Lipinski definition) is 3. The molecule has 5 N–H and O–H groups in total. The zero-order chi connectivity index (χ0) is 15.6. The van der Waals surface area contributed by atoms with Gasteiger partial charge >= 0.3 is 0 Å². The third kappa shape index (κ3) is 3.34. The zero-order valence-corrected chi connectivity index (χ0v) is 12.6. The van der Waals surface area contributed by atoms with Crippen molar-refractivity contribution in [3.63, 3.8) is 0 Å². The van der Waals surface area contributed by atoms with Gasteiger partial charge in [-0.15, -0.1) is 0 Å². The maximum atomic E-state index is 11.5. The maximum Gasteiger partial charge on any atom is 0.250 e. The van der Waals surface area contributed by atoms with Gasteiger partial charge in [-0.1, -0.05) is 39.0 Å². The van der Waals surface area contributed by atoms with Crippen molar-refractivity contribution in [1.82, 2.24) is 0 Å². The molecule has 0 unspecified atom stereocenters. The Morgan fingerprint density at radius 3 is 2.33 bits per heavy atom. The standard InChI is InChI=1S/C17H21N3O/c1-17(2,3)13-6-4-5-7-14(13)20-15-10-11(18)8-9-12(15)16(19)21/h4-10,20H,18H2,1-3H3,(H2,19,21). The summed E-state index contributed by atoms with van der Waals surface area (Å²) in [4.78, 5) is 11.5. The van der Waals surface area contributed by atoms with Crippen LogP contribution in [0, 0.1) is 0 Å². The van der Waals surface area contributed by atoms with E-state index in [4.69, 9.17) is 11.5 Å². The maximum absolute atomic E-state index is 11.5. The molecule has 21 heavy (non-hydrogen) atoms. The molecule has 0 spiro atoms. The second-order valence-corrected chi connectivity index (χ2v) is 6.09. The van der Waals surface area contributed by atoms with Crippen molar-refractivity contribution in [3.8, 4) is 0 Å². The predicted molar refractivity (Wildman–Crippen MR) is 87.8 cm³/mol. The molecule has 0 saturated heterocycles. The SMILES string of the molecule is CC(C)(C)c1ccccc1Nc1cc(N)ccc1C(N)=O. The van der Waals surface area contributed by atoms with E-state index in [-0.39, 0.29) is 5.41 Å². The highest BCUT2D eigenvalue weighted by atomic mass is 16.1. The molecule has 0 aliphatic rings. The van der Waals surface area contributed by atoms with E-state index in [9.17, 15) is 4.79 Å². The van der Waals surface area contributed by atoms with Crippen molar-refractivity contribution in [2.75, 3.05) is 11.1 Å². The minimum atomic E-state index is -0.481. The lowest BCUT2D eigenvalue weighted by molar-refractivity contribution is 0.100. The first-order valence-electron chi connectivity index (χ1n) is 6.85. The molecule has 0 aliphatic heterocycles. The van der Waals surface area contributed by atoms with Crippen LogP contribution in [-0.2, 0) is 5.41 Å². The fourth-order valence-electron chi connectivity index (χ4n) is 2.27. The van der Waals surface area contributed by atoms with Gasteiger partial charge in [-0.2, -0.15) is 0 Å². The fraction of sp³-hybridized carbons (Fsp3) is 0.235. The lowest BCUT2D eigenvalue weighted by atomic mass is 9.85. The highest BCUT2D eigenvalue weighted by molar-refractivity contribution is 6.00. The van der Waals surface area contributed by atoms with Crippen molar-refractivity contribution in [3.05, 3.63) is 53.6 Å². The van der Waals surface area contributed by atoms with E-state index in [1.54, 1.807) is 18.2 Å². The number of nitrogen functional groups attached to an aromatic ring is 1. The van der Waals surface area contributed by atoms with Crippen LogP contribution in [0.5, 0.6) is 0 Å². The summed E-state index contributed by atoms with van der Waals surface area (Å²) >= 11 is 0. The van der Waals surface area contributed by atoms with Crippen LogP contribution in [0.15, 0.2) is 42.5 Å². The van der Waals surface area contributed by atoms with Gasteiger partial charge in [0.15, 0.2) is 0 Å². The minimum Gasteiger partial charge on any atom is -0.399 e. The molecule has 0 bridgehead atoms. The van der Waals surface area contributed by atoms with Gasteiger partial charge < -0.3 is 16.8 Å². The third-order valence-corrected chi connectivity index (χ3v) is 3.31. The Morgan fingerprint density at radius 2 is 1.71 bits per heavy atom. The van der Waals surface area contributed by atoms with E-state index < -0.39 is 5.91 Å². The van der Waals surface area contributed by atoms with E-state index in [2.05, 4.69) is 32.2 Å². The van der Waals surface area contributed by atoms with Crippen molar-refractivity contribution in [2.45, 2.75) is 26.2 Å². The predicted octanol–water partition coefficient (Wildman–Crippen LogP) is 3.41. The number of nitrogens with two attached hydrogens (primary N) is 2. The molecule has 0 aromatic heterocycles. The van der Waals surface area contributed by atoms with Crippen LogP contribution in [0.2, 0.25) is 0 Å². The average molecular weight is 283 g/mol.